The van der Waals surface area contributed by atoms with Gasteiger partial charge in [0, 0.05) is 13.0 Å². The molecule has 1 aliphatic rings. The van der Waals surface area contributed by atoms with E-state index >= 15 is 0 Å². The lowest BCUT2D eigenvalue weighted by Gasteiger charge is -2.13. The van der Waals surface area contributed by atoms with E-state index in [1.165, 1.54) is 7.11 Å². The lowest BCUT2D eigenvalue weighted by atomic mass is 10.4. The first-order valence-electron chi connectivity index (χ1n) is 4.07. The van der Waals surface area contributed by atoms with Crippen LogP contribution in [0, 0.1) is 0 Å². The average Bonchev–Trinajstić information content (AvgIpc) is 2.38. The molecule has 0 unspecified atom stereocenters. The average molecular weight is 221 g/mol. The van der Waals surface area contributed by atoms with Crippen LogP contribution in [-0.2, 0) is 24.3 Å². The number of rotatable bonds is 3. The lowest BCUT2D eigenvalue weighted by molar-refractivity contribution is -0.140. The molecular formula is C7H11NO5S. The molecule has 1 fully saturated rings. The maximum absolute atomic E-state index is 11.2. The van der Waals surface area contributed by atoms with E-state index in [9.17, 15) is 18.0 Å². The zero-order valence-electron chi connectivity index (χ0n) is 7.73. The summed E-state index contributed by atoms with van der Waals surface area (Å²) in [6.07, 6.45) is -0.0923. The monoisotopic (exact) mass is 221 g/mol. The zero-order chi connectivity index (χ0) is 10.8. The highest BCUT2D eigenvalue weighted by molar-refractivity contribution is 7.90. The second-order valence-electron chi connectivity index (χ2n) is 2.86. The maximum Gasteiger partial charge on any atom is 0.307 e. The molecular weight excluding hydrogens is 210 g/mol. The molecule has 0 aliphatic carbocycles. The fourth-order valence-electron chi connectivity index (χ4n) is 1.16. The molecule has 0 spiro atoms. The Kier molecular flexibility index (Phi) is 3.10. The largest absolute Gasteiger partial charge is 0.469 e. The van der Waals surface area contributed by atoms with E-state index in [-0.39, 0.29) is 25.1 Å². The summed E-state index contributed by atoms with van der Waals surface area (Å²) in [6.45, 7) is -0.117. The normalized spacial score (nSPS) is 19.8. The van der Waals surface area contributed by atoms with E-state index in [0.717, 1.165) is 4.31 Å². The third-order valence-corrected chi connectivity index (χ3v) is 3.71. The van der Waals surface area contributed by atoms with Crippen LogP contribution in [0.2, 0.25) is 0 Å². The number of amides is 1. The second kappa shape index (κ2) is 3.95. The Balaban J connectivity index is 2.59. The minimum atomic E-state index is -3.46. The molecule has 1 saturated heterocycles. The van der Waals surface area contributed by atoms with Crippen molar-refractivity contribution in [3.05, 3.63) is 0 Å². The van der Waals surface area contributed by atoms with Crippen LogP contribution in [0.25, 0.3) is 0 Å². The third kappa shape index (κ3) is 2.22. The van der Waals surface area contributed by atoms with E-state index in [1.807, 2.05) is 0 Å². The van der Waals surface area contributed by atoms with Crippen molar-refractivity contribution in [2.45, 2.75) is 12.8 Å². The second-order valence-corrected chi connectivity index (χ2v) is 4.87. The first-order chi connectivity index (χ1) is 6.47. The molecule has 0 saturated carbocycles. The molecule has 0 atom stereocenters. The highest BCUT2D eigenvalue weighted by Gasteiger charge is 2.34. The van der Waals surface area contributed by atoms with Gasteiger partial charge in [-0.05, 0) is 0 Å². The Morgan fingerprint density at radius 3 is 2.64 bits per heavy atom. The van der Waals surface area contributed by atoms with Gasteiger partial charge in [0.05, 0.1) is 19.3 Å². The van der Waals surface area contributed by atoms with Crippen LogP contribution in [0.5, 0.6) is 0 Å². The van der Waals surface area contributed by atoms with Crippen molar-refractivity contribution in [3.63, 3.8) is 0 Å². The smallest absolute Gasteiger partial charge is 0.307 e. The van der Waals surface area contributed by atoms with E-state index in [0.29, 0.717) is 0 Å². The molecule has 6 nitrogen and oxygen atoms in total. The SMILES string of the molecule is COC(=O)CCN1C(=O)CCS1(=O)=O. The number of carbonyl (C=O) groups is 2. The molecule has 14 heavy (non-hydrogen) atoms. The van der Waals surface area contributed by atoms with Crippen molar-refractivity contribution in [1.82, 2.24) is 4.31 Å². The summed E-state index contributed by atoms with van der Waals surface area (Å²) in [4.78, 5) is 21.8. The van der Waals surface area contributed by atoms with Crippen LogP contribution in [-0.4, -0.2) is 44.0 Å². The van der Waals surface area contributed by atoms with Gasteiger partial charge in [0.1, 0.15) is 0 Å². The van der Waals surface area contributed by atoms with Gasteiger partial charge in [-0.3, -0.25) is 9.59 Å². The summed E-state index contributed by atoms with van der Waals surface area (Å²) in [5, 5.41) is 0. The Labute approximate surface area is 81.9 Å². The van der Waals surface area contributed by atoms with E-state index < -0.39 is 21.9 Å². The van der Waals surface area contributed by atoms with Gasteiger partial charge < -0.3 is 4.74 Å². The number of sulfonamides is 1. The number of nitrogens with zero attached hydrogens (tertiary/aromatic N) is 1. The summed E-state index contributed by atoms with van der Waals surface area (Å²) < 4.78 is 27.5. The minimum absolute atomic E-state index is 0.00348. The van der Waals surface area contributed by atoms with Gasteiger partial charge in [-0.1, -0.05) is 0 Å². The first-order valence-corrected chi connectivity index (χ1v) is 5.68. The fourth-order valence-corrected chi connectivity index (χ4v) is 2.59. The number of hydrogen-bond acceptors (Lipinski definition) is 5. The highest BCUT2D eigenvalue weighted by atomic mass is 32.2. The van der Waals surface area contributed by atoms with Gasteiger partial charge in [0.25, 0.3) is 0 Å². The van der Waals surface area contributed by atoms with Crippen LogP contribution in [0.4, 0.5) is 0 Å². The molecule has 80 valence electrons. The fraction of sp³-hybridized carbons (Fsp3) is 0.714. The summed E-state index contributed by atoms with van der Waals surface area (Å²) in [5.74, 6) is -1.14. The Hall–Kier alpha value is -1.11. The number of carbonyl (C=O) groups excluding carboxylic acids is 2. The summed E-state index contributed by atoms with van der Waals surface area (Å²) in [7, 11) is -2.25. The predicted molar refractivity (Wildman–Crippen MR) is 46.7 cm³/mol. The van der Waals surface area contributed by atoms with Gasteiger partial charge in [-0.2, -0.15) is 0 Å². The van der Waals surface area contributed by atoms with Gasteiger partial charge in [0.15, 0.2) is 0 Å². The first kappa shape index (κ1) is 11.0. The van der Waals surface area contributed by atoms with E-state index in [1.54, 1.807) is 0 Å². The topological polar surface area (TPSA) is 80.8 Å². The van der Waals surface area contributed by atoms with Crippen molar-refractivity contribution in [2.75, 3.05) is 19.4 Å². The van der Waals surface area contributed by atoms with Crippen molar-refractivity contribution in [3.8, 4) is 0 Å². The Morgan fingerprint density at radius 1 is 1.57 bits per heavy atom. The molecule has 0 aromatic rings. The highest BCUT2D eigenvalue weighted by Crippen LogP contribution is 2.15. The van der Waals surface area contributed by atoms with Crippen molar-refractivity contribution in [2.24, 2.45) is 0 Å². The van der Waals surface area contributed by atoms with Crippen molar-refractivity contribution >= 4 is 21.9 Å². The van der Waals surface area contributed by atoms with Gasteiger partial charge >= 0.3 is 5.97 Å². The molecule has 0 bridgehead atoms. The number of methoxy groups -OCH3 is 1. The van der Waals surface area contributed by atoms with Crippen LogP contribution >= 0.6 is 0 Å². The van der Waals surface area contributed by atoms with Crippen LogP contribution < -0.4 is 0 Å². The molecule has 0 N–H and O–H groups in total. The minimum Gasteiger partial charge on any atom is -0.469 e. The Bertz CT molecular complexity index is 347. The molecule has 0 radical (unpaired) electrons. The molecule has 1 aliphatic heterocycles. The summed E-state index contributed by atoms with van der Waals surface area (Å²) in [5.41, 5.74) is 0. The van der Waals surface area contributed by atoms with Gasteiger partial charge in [0.2, 0.25) is 15.9 Å². The summed E-state index contributed by atoms with van der Waals surface area (Å²) in [6, 6.07) is 0. The molecule has 1 rings (SSSR count). The maximum atomic E-state index is 11.2. The summed E-state index contributed by atoms with van der Waals surface area (Å²) >= 11 is 0. The van der Waals surface area contributed by atoms with Crippen molar-refractivity contribution in [1.29, 1.82) is 0 Å². The van der Waals surface area contributed by atoms with Gasteiger partial charge in [-0.15, -0.1) is 0 Å². The number of esters is 1. The molecule has 0 aromatic heterocycles. The lowest BCUT2D eigenvalue weighted by Crippen LogP contribution is -2.31. The van der Waals surface area contributed by atoms with E-state index in [2.05, 4.69) is 4.74 Å². The van der Waals surface area contributed by atoms with Crippen LogP contribution in [0.3, 0.4) is 0 Å². The Morgan fingerprint density at radius 2 is 2.21 bits per heavy atom. The standard InChI is InChI=1S/C7H11NO5S/c1-13-7(10)2-4-8-6(9)3-5-14(8,11)12/h2-5H2,1H3. The molecule has 1 heterocycles. The number of ether oxygens (including phenoxy) is 1. The molecule has 7 heteroatoms. The molecule has 0 aromatic carbocycles. The van der Waals surface area contributed by atoms with Crippen LogP contribution in [0.15, 0.2) is 0 Å². The predicted octanol–water partition coefficient (Wildman–Crippen LogP) is -0.888. The zero-order valence-corrected chi connectivity index (χ0v) is 8.54. The van der Waals surface area contributed by atoms with E-state index in [4.69, 9.17) is 0 Å². The van der Waals surface area contributed by atoms with Crippen molar-refractivity contribution < 1.29 is 22.7 Å². The van der Waals surface area contributed by atoms with Crippen LogP contribution in [0.1, 0.15) is 12.8 Å². The third-order valence-electron chi connectivity index (χ3n) is 1.93. The molecule has 1 amide bonds. The quantitative estimate of drug-likeness (QED) is 0.577. The number of hydrogen-bond donors (Lipinski definition) is 0. The van der Waals surface area contributed by atoms with Gasteiger partial charge in [-0.25, -0.2) is 12.7 Å².